The minimum Gasteiger partial charge on any atom is -0.468 e. The maximum atomic E-state index is 11.8. The van der Waals surface area contributed by atoms with E-state index >= 15 is 0 Å². The standard InChI is InChI=1S/C12H20N2O3/c1-8(15)13-10-5-6-14(7-10)11(9-3-4-9)12(16)17-2/h9-11H,3-7H2,1-2H3,(H,13,15). The highest BCUT2D eigenvalue weighted by molar-refractivity contribution is 5.76. The molecule has 0 aromatic carbocycles. The van der Waals surface area contributed by atoms with Crippen LogP contribution in [0, 0.1) is 5.92 Å². The van der Waals surface area contributed by atoms with Gasteiger partial charge in [-0.2, -0.15) is 0 Å². The van der Waals surface area contributed by atoms with E-state index in [4.69, 9.17) is 4.74 Å². The first-order valence-electron chi connectivity index (χ1n) is 6.20. The molecule has 1 saturated heterocycles. The van der Waals surface area contributed by atoms with E-state index in [1.54, 1.807) is 0 Å². The Morgan fingerprint density at radius 1 is 1.35 bits per heavy atom. The Kier molecular flexibility index (Phi) is 3.66. The third kappa shape index (κ3) is 2.97. The summed E-state index contributed by atoms with van der Waals surface area (Å²) in [6, 6.07) is 0.0807. The molecule has 1 heterocycles. The van der Waals surface area contributed by atoms with Crippen LogP contribution in [-0.4, -0.2) is 49.1 Å². The molecular formula is C12H20N2O3. The van der Waals surface area contributed by atoms with Crippen LogP contribution in [0.3, 0.4) is 0 Å². The lowest BCUT2D eigenvalue weighted by atomic mass is 10.1. The van der Waals surface area contributed by atoms with Crippen LogP contribution in [0.4, 0.5) is 0 Å². The highest BCUT2D eigenvalue weighted by Crippen LogP contribution is 2.37. The van der Waals surface area contributed by atoms with E-state index in [1.807, 2.05) is 0 Å². The fraction of sp³-hybridized carbons (Fsp3) is 0.833. The average Bonchev–Trinajstić information content (AvgIpc) is 3.00. The normalized spacial score (nSPS) is 26.6. The van der Waals surface area contributed by atoms with Crippen molar-refractivity contribution in [2.75, 3.05) is 20.2 Å². The number of carbonyl (C=O) groups excluding carboxylic acids is 2. The van der Waals surface area contributed by atoms with E-state index in [0.29, 0.717) is 5.92 Å². The second kappa shape index (κ2) is 5.04. The van der Waals surface area contributed by atoms with Crippen molar-refractivity contribution in [3.8, 4) is 0 Å². The molecule has 96 valence electrons. The van der Waals surface area contributed by atoms with Gasteiger partial charge in [0.25, 0.3) is 0 Å². The maximum Gasteiger partial charge on any atom is 0.323 e. The Morgan fingerprint density at radius 2 is 2.06 bits per heavy atom. The summed E-state index contributed by atoms with van der Waals surface area (Å²) >= 11 is 0. The average molecular weight is 240 g/mol. The Morgan fingerprint density at radius 3 is 2.59 bits per heavy atom. The lowest BCUT2D eigenvalue weighted by Crippen LogP contribution is -2.44. The number of nitrogens with zero attached hydrogens (tertiary/aromatic N) is 1. The molecule has 0 spiro atoms. The van der Waals surface area contributed by atoms with E-state index in [0.717, 1.165) is 32.4 Å². The van der Waals surface area contributed by atoms with Gasteiger partial charge in [-0.05, 0) is 25.2 Å². The number of methoxy groups -OCH3 is 1. The summed E-state index contributed by atoms with van der Waals surface area (Å²) in [5, 5.41) is 2.91. The van der Waals surface area contributed by atoms with Crippen LogP contribution in [0.2, 0.25) is 0 Å². The minimum absolute atomic E-state index is 0.00195. The third-order valence-corrected chi connectivity index (χ3v) is 3.53. The first-order chi connectivity index (χ1) is 8.11. The van der Waals surface area contributed by atoms with Gasteiger partial charge in [0.05, 0.1) is 7.11 Å². The van der Waals surface area contributed by atoms with Crippen molar-refractivity contribution in [1.29, 1.82) is 0 Å². The summed E-state index contributed by atoms with van der Waals surface area (Å²) in [6.07, 6.45) is 3.14. The Hall–Kier alpha value is -1.10. The van der Waals surface area contributed by atoms with Gasteiger partial charge in [0.1, 0.15) is 6.04 Å². The van der Waals surface area contributed by atoms with Crippen LogP contribution in [-0.2, 0) is 14.3 Å². The summed E-state index contributed by atoms with van der Waals surface area (Å²) in [6.45, 7) is 3.15. The number of esters is 1. The van der Waals surface area contributed by atoms with Crippen LogP contribution in [0.25, 0.3) is 0 Å². The van der Waals surface area contributed by atoms with Gasteiger partial charge in [0.2, 0.25) is 5.91 Å². The van der Waals surface area contributed by atoms with Gasteiger partial charge in [-0.3, -0.25) is 14.5 Å². The summed E-state index contributed by atoms with van der Waals surface area (Å²) in [5.74, 6) is 0.326. The summed E-state index contributed by atoms with van der Waals surface area (Å²) in [4.78, 5) is 24.9. The predicted molar refractivity (Wildman–Crippen MR) is 62.3 cm³/mol. The van der Waals surface area contributed by atoms with Crippen molar-refractivity contribution in [3.05, 3.63) is 0 Å². The van der Waals surface area contributed by atoms with Gasteiger partial charge < -0.3 is 10.1 Å². The first kappa shape index (κ1) is 12.4. The molecule has 2 rings (SSSR count). The molecular weight excluding hydrogens is 220 g/mol. The molecule has 1 N–H and O–H groups in total. The van der Waals surface area contributed by atoms with Gasteiger partial charge in [-0.25, -0.2) is 0 Å². The van der Waals surface area contributed by atoms with Crippen LogP contribution >= 0.6 is 0 Å². The molecule has 2 fully saturated rings. The molecule has 17 heavy (non-hydrogen) atoms. The van der Waals surface area contributed by atoms with E-state index in [9.17, 15) is 9.59 Å². The van der Waals surface area contributed by atoms with Crippen molar-refractivity contribution in [3.63, 3.8) is 0 Å². The second-order valence-corrected chi connectivity index (χ2v) is 4.99. The number of ether oxygens (including phenoxy) is 1. The van der Waals surface area contributed by atoms with Crippen LogP contribution < -0.4 is 5.32 Å². The molecule has 0 aromatic rings. The van der Waals surface area contributed by atoms with Gasteiger partial charge in [-0.15, -0.1) is 0 Å². The smallest absolute Gasteiger partial charge is 0.323 e. The molecule has 2 atom stereocenters. The zero-order valence-corrected chi connectivity index (χ0v) is 10.4. The number of hydrogen-bond donors (Lipinski definition) is 1. The van der Waals surface area contributed by atoms with Gasteiger partial charge in [0.15, 0.2) is 0 Å². The van der Waals surface area contributed by atoms with Crippen molar-refractivity contribution >= 4 is 11.9 Å². The quantitative estimate of drug-likeness (QED) is 0.711. The summed E-state index contributed by atoms with van der Waals surface area (Å²) < 4.78 is 4.87. The lowest BCUT2D eigenvalue weighted by Gasteiger charge is -2.25. The number of hydrogen-bond acceptors (Lipinski definition) is 4. The molecule has 1 saturated carbocycles. The SMILES string of the molecule is COC(=O)C(C1CC1)N1CCC(NC(C)=O)C1. The highest BCUT2D eigenvalue weighted by Gasteiger charge is 2.43. The highest BCUT2D eigenvalue weighted by atomic mass is 16.5. The van der Waals surface area contributed by atoms with Crippen molar-refractivity contribution < 1.29 is 14.3 Å². The van der Waals surface area contributed by atoms with E-state index in [-0.39, 0.29) is 24.0 Å². The van der Waals surface area contributed by atoms with E-state index in [1.165, 1.54) is 14.0 Å². The topological polar surface area (TPSA) is 58.6 Å². The Labute approximate surface area is 101 Å². The second-order valence-electron chi connectivity index (χ2n) is 4.99. The number of amides is 1. The zero-order valence-electron chi connectivity index (χ0n) is 10.4. The zero-order chi connectivity index (χ0) is 12.4. The number of nitrogens with one attached hydrogen (secondary N) is 1. The monoisotopic (exact) mass is 240 g/mol. The van der Waals surface area contributed by atoms with Crippen LogP contribution in [0.1, 0.15) is 26.2 Å². The van der Waals surface area contributed by atoms with Gasteiger partial charge >= 0.3 is 5.97 Å². The molecule has 5 nitrogen and oxygen atoms in total. The Balaban J connectivity index is 1.92. The minimum atomic E-state index is -0.129. The molecule has 1 amide bonds. The van der Waals surface area contributed by atoms with E-state index < -0.39 is 0 Å². The fourth-order valence-corrected chi connectivity index (χ4v) is 2.62. The van der Waals surface area contributed by atoms with Crippen molar-refractivity contribution in [2.45, 2.75) is 38.3 Å². The summed E-state index contributed by atoms with van der Waals surface area (Å²) in [5.41, 5.74) is 0. The molecule has 1 aliphatic carbocycles. The van der Waals surface area contributed by atoms with Gasteiger partial charge in [-0.1, -0.05) is 0 Å². The molecule has 2 aliphatic rings. The van der Waals surface area contributed by atoms with Crippen LogP contribution in [0.15, 0.2) is 0 Å². The van der Waals surface area contributed by atoms with E-state index in [2.05, 4.69) is 10.2 Å². The first-order valence-corrected chi connectivity index (χ1v) is 6.20. The predicted octanol–water partition coefficient (Wildman–Crippen LogP) is 0.148. The summed E-state index contributed by atoms with van der Waals surface area (Å²) in [7, 11) is 1.44. The fourth-order valence-electron chi connectivity index (χ4n) is 2.62. The molecule has 2 unspecified atom stereocenters. The third-order valence-electron chi connectivity index (χ3n) is 3.53. The molecule has 0 radical (unpaired) electrons. The van der Waals surface area contributed by atoms with Crippen LogP contribution in [0.5, 0.6) is 0 Å². The molecule has 5 heteroatoms. The molecule has 0 bridgehead atoms. The molecule has 1 aliphatic heterocycles. The molecule has 0 aromatic heterocycles. The number of likely N-dealkylation sites (tertiary alicyclic amines) is 1. The Bertz CT molecular complexity index is 315. The number of carbonyl (C=O) groups is 2. The van der Waals surface area contributed by atoms with Crippen molar-refractivity contribution in [1.82, 2.24) is 10.2 Å². The largest absolute Gasteiger partial charge is 0.468 e. The van der Waals surface area contributed by atoms with Crippen molar-refractivity contribution in [2.24, 2.45) is 5.92 Å². The maximum absolute atomic E-state index is 11.8. The number of rotatable bonds is 4. The van der Waals surface area contributed by atoms with Gasteiger partial charge in [0, 0.05) is 26.1 Å². The lowest BCUT2D eigenvalue weighted by molar-refractivity contribution is -0.147.